The van der Waals surface area contributed by atoms with Gasteiger partial charge in [-0.1, -0.05) is 20.8 Å². The molecule has 4 heteroatoms. The van der Waals surface area contributed by atoms with Crippen LogP contribution in [0, 0.1) is 5.41 Å². The maximum Gasteiger partial charge on any atom is 0.255 e. The Bertz CT molecular complexity index is 442. The molecule has 0 aromatic carbocycles. The van der Waals surface area contributed by atoms with Gasteiger partial charge in [-0.15, -0.1) is 0 Å². The monoisotopic (exact) mass is 247 g/mol. The molecular formula is C14H21N3O. The zero-order valence-corrected chi connectivity index (χ0v) is 11.3. The number of nitrogens with zero attached hydrogens (tertiary/aromatic N) is 1. The number of rotatable bonds is 5. The molecule has 0 bridgehead atoms. The lowest BCUT2D eigenvalue weighted by atomic mass is 10.1. The van der Waals surface area contributed by atoms with E-state index in [4.69, 9.17) is 0 Å². The van der Waals surface area contributed by atoms with Gasteiger partial charge in [-0.3, -0.25) is 9.78 Å². The number of carbonyl (C=O) groups excluding carboxylic acids is 1. The van der Waals surface area contributed by atoms with E-state index in [1.54, 1.807) is 12.4 Å². The highest BCUT2D eigenvalue weighted by Gasteiger charge is 2.46. The van der Waals surface area contributed by atoms with Crippen molar-refractivity contribution in [1.82, 2.24) is 10.3 Å². The number of hydrogen-bond acceptors (Lipinski definition) is 3. The molecule has 1 heterocycles. The van der Waals surface area contributed by atoms with E-state index in [2.05, 4.69) is 36.4 Å². The molecule has 1 fully saturated rings. The number of nitrogens with one attached hydrogen (secondary N) is 2. The van der Waals surface area contributed by atoms with Gasteiger partial charge in [-0.25, -0.2) is 0 Å². The lowest BCUT2D eigenvalue weighted by molar-refractivity contribution is 0.0947. The minimum absolute atomic E-state index is 0.0303. The Hall–Kier alpha value is -1.58. The van der Waals surface area contributed by atoms with Gasteiger partial charge in [0.1, 0.15) is 0 Å². The highest BCUT2D eigenvalue weighted by Crippen LogP contribution is 2.44. The van der Waals surface area contributed by atoms with Crippen LogP contribution in [0.1, 0.15) is 44.0 Å². The summed E-state index contributed by atoms with van der Waals surface area (Å²) >= 11 is 0. The molecule has 1 unspecified atom stereocenters. The molecule has 1 aromatic rings. The number of carbonyl (C=O) groups is 1. The van der Waals surface area contributed by atoms with Gasteiger partial charge in [-0.2, -0.15) is 0 Å². The van der Waals surface area contributed by atoms with Crippen LogP contribution in [0.25, 0.3) is 0 Å². The second-order valence-electron chi connectivity index (χ2n) is 5.57. The Morgan fingerprint density at radius 3 is 2.89 bits per heavy atom. The Balaban J connectivity index is 2.05. The first kappa shape index (κ1) is 12.9. The van der Waals surface area contributed by atoms with Crippen LogP contribution in [-0.4, -0.2) is 23.5 Å². The molecule has 1 aromatic heterocycles. The van der Waals surface area contributed by atoms with Gasteiger partial charge in [0.2, 0.25) is 0 Å². The summed E-state index contributed by atoms with van der Waals surface area (Å²) < 4.78 is 0. The van der Waals surface area contributed by atoms with E-state index in [-0.39, 0.29) is 11.3 Å². The molecular weight excluding hydrogens is 226 g/mol. The quantitative estimate of drug-likeness (QED) is 0.840. The van der Waals surface area contributed by atoms with Crippen LogP contribution in [0.3, 0.4) is 0 Å². The molecule has 2 rings (SSSR count). The van der Waals surface area contributed by atoms with E-state index in [1.165, 1.54) is 0 Å². The average Bonchev–Trinajstić information content (AvgIpc) is 2.94. The van der Waals surface area contributed by atoms with Gasteiger partial charge in [0.25, 0.3) is 5.91 Å². The van der Waals surface area contributed by atoms with E-state index in [9.17, 15) is 4.79 Å². The van der Waals surface area contributed by atoms with Gasteiger partial charge in [0.05, 0.1) is 11.3 Å². The number of amides is 1. The van der Waals surface area contributed by atoms with Gasteiger partial charge in [0, 0.05) is 25.0 Å². The Morgan fingerprint density at radius 1 is 1.56 bits per heavy atom. The fraction of sp³-hybridized carbons (Fsp3) is 0.571. The first-order chi connectivity index (χ1) is 8.54. The molecule has 0 radical (unpaired) electrons. The number of aromatic nitrogens is 1. The SMILES string of the molecule is CCCNc1ccncc1C(=O)NC1CC1(C)C. The number of hydrogen-bond donors (Lipinski definition) is 2. The van der Waals surface area contributed by atoms with Crippen molar-refractivity contribution in [1.29, 1.82) is 0 Å². The normalized spacial score (nSPS) is 20.3. The third-order valence-electron chi connectivity index (χ3n) is 3.45. The summed E-state index contributed by atoms with van der Waals surface area (Å²) in [6.45, 7) is 7.29. The average molecular weight is 247 g/mol. The van der Waals surface area contributed by atoms with Gasteiger partial charge < -0.3 is 10.6 Å². The molecule has 2 N–H and O–H groups in total. The molecule has 18 heavy (non-hydrogen) atoms. The van der Waals surface area contributed by atoms with E-state index in [0.717, 1.165) is 25.1 Å². The van der Waals surface area contributed by atoms with Crippen molar-refractivity contribution in [2.45, 2.75) is 39.7 Å². The molecule has 0 aliphatic heterocycles. The lowest BCUT2D eigenvalue weighted by Crippen LogP contribution is -2.29. The van der Waals surface area contributed by atoms with Crippen molar-refractivity contribution in [3.8, 4) is 0 Å². The largest absolute Gasteiger partial charge is 0.384 e. The zero-order valence-electron chi connectivity index (χ0n) is 11.3. The minimum Gasteiger partial charge on any atom is -0.384 e. The molecule has 98 valence electrons. The van der Waals surface area contributed by atoms with Crippen molar-refractivity contribution in [3.63, 3.8) is 0 Å². The highest BCUT2D eigenvalue weighted by molar-refractivity contribution is 5.99. The maximum atomic E-state index is 12.2. The molecule has 0 saturated heterocycles. The second-order valence-corrected chi connectivity index (χ2v) is 5.57. The van der Waals surface area contributed by atoms with Crippen LogP contribution in [-0.2, 0) is 0 Å². The van der Waals surface area contributed by atoms with Crippen molar-refractivity contribution >= 4 is 11.6 Å². The zero-order chi connectivity index (χ0) is 13.2. The predicted octanol–water partition coefficient (Wildman–Crippen LogP) is 2.43. The predicted molar refractivity (Wildman–Crippen MR) is 72.7 cm³/mol. The summed E-state index contributed by atoms with van der Waals surface area (Å²) in [7, 11) is 0. The van der Waals surface area contributed by atoms with E-state index in [0.29, 0.717) is 11.6 Å². The number of pyridine rings is 1. The summed E-state index contributed by atoms with van der Waals surface area (Å²) in [5.41, 5.74) is 1.74. The van der Waals surface area contributed by atoms with E-state index >= 15 is 0 Å². The molecule has 1 aliphatic rings. The number of anilines is 1. The topological polar surface area (TPSA) is 54.0 Å². The standard InChI is InChI=1S/C14H21N3O/c1-4-6-16-11-5-7-15-9-10(11)13(18)17-12-8-14(12,2)3/h5,7,9,12H,4,6,8H2,1-3H3,(H,15,16)(H,17,18). The molecule has 0 spiro atoms. The second kappa shape index (κ2) is 4.96. The molecule has 1 saturated carbocycles. The maximum absolute atomic E-state index is 12.2. The first-order valence-corrected chi connectivity index (χ1v) is 6.53. The van der Waals surface area contributed by atoms with Crippen LogP contribution < -0.4 is 10.6 Å². The molecule has 4 nitrogen and oxygen atoms in total. The van der Waals surface area contributed by atoms with Crippen molar-refractivity contribution in [3.05, 3.63) is 24.0 Å². The van der Waals surface area contributed by atoms with Crippen molar-refractivity contribution < 1.29 is 4.79 Å². The van der Waals surface area contributed by atoms with Gasteiger partial charge in [-0.05, 0) is 24.3 Å². The highest BCUT2D eigenvalue weighted by atomic mass is 16.1. The van der Waals surface area contributed by atoms with Crippen molar-refractivity contribution in [2.24, 2.45) is 5.41 Å². The summed E-state index contributed by atoms with van der Waals surface area (Å²) in [4.78, 5) is 16.2. The Morgan fingerprint density at radius 2 is 2.28 bits per heavy atom. The fourth-order valence-electron chi connectivity index (χ4n) is 1.94. The molecule has 1 amide bonds. The van der Waals surface area contributed by atoms with Crippen LogP contribution in [0.5, 0.6) is 0 Å². The summed E-state index contributed by atoms with van der Waals surface area (Å²) in [5, 5.41) is 6.32. The van der Waals surface area contributed by atoms with Crippen molar-refractivity contribution in [2.75, 3.05) is 11.9 Å². The minimum atomic E-state index is -0.0303. The summed E-state index contributed by atoms with van der Waals surface area (Å²) in [6.07, 6.45) is 5.41. The van der Waals surface area contributed by atoms with Gasteiger partial charge >= 0.3 is 0 Å². The lowest BCUT2D eigenvalue weighted by Gasteiger charge is -2.11. The summed E-state index contributed by atoms with van der Waals surface area (Å²) in [5.74, 6) is -0.0303. The van der Waals surface area contributed by atoms with Crippen LogP contribution in [0.2, 0.25) is 0 Å². The third-order valence-corrected chi connectivity index (χ3v) is 3.45. The Labute approximate surface area is 108 Å². The van der Waals surface area contributed by atoms with Crippen LogP contribution in [0.4, 0.5) is 5.69 Å². The van der Waals surface area contributed by atoms with Crippen LogP contribution >= 0.6 is 0 Å². The first-order valence-electron chi connectivity index (χ1n) is 6.53. The molecule has 1 aliphatic carbocycles. The molecule has 1 atom stereocenters. The van der Waals surface area contributed by atoms with Gasteiger partial charge in [0.15, 0.2) is 0 Å². The van der Waals surface area contributed by atoms with E-state index in [1.807, 2.05) is 6.07 Å². The van der Waals surface area contributed by atoms with Crippen LogP contribution in [0.15, 0.2) is 18.5 Å². The van der Waals surface area contributed by atoms with E-state index < -0.39 is 0 Å². The summed E-state index contributed by atoms with van der Waals surface area (Å²) in [6, 6.07) is 2.15. The third kappa shape index (κ3) is 2.81. The smallest absolute Gasteiger partial charge is 0.255 e. The fourth-order valence-corrected chi connectivity index (χ4v) is 1.94. The Kier molecular flexibility index (Phi) is 3.55.